The number of phenolic OH excluding ortho intramolecular Hbond substituents is 1. The maximum Gasteiger partial charge on any atom is 0.162 e. The van der Waals surface area contributed by atoms with E-state index in [1.54, 1.807) is 6.07 Å². The van der Waals surface area contributed by atoms with Crippen molar-refractivity contribution in [1.82, 2.24) is 0 Å². The molecule has 21 heavy (non-hydrogen) atoms. The first-order valence-corrected chi connectivity index (χ1v) is 7.63. The second-order valence-corrected chi connectivity index (χ2v) is 6.29. The molecule has 0 saturated heterocycles. The topological polar surface area (TPSA) is 66.8 Å². The van der Waals surface area contributed by atoms with Crippen molar-refractivity contribution in [2.45, 2.75) is 50.5 Å². The number of benzene rings is 1. The number of ether oxygens (including phenoxy) is 1. The van der Waals surface area contributed by atoms with Crippen LogP contribution in [0.1, 0.15) is 43.7 Å². The number of rotatable bonds is 2. The Kier molecular flexibility index (Phi) is 3.44. The lowest BCUT2D eigenvalue weighted by Gasteiger charge is -2.49. The summed E-state index contributed by atoms with van der Waals surface area (Å²) in [5, 5.41) is 20.5. The third-order valence-corrected chi connectivity index (χ3v) is 5.49. The Morgan fingerprint density at radius 1 is 1.43 bits per heavy atom. The number of hydrogen-bond donors (Lipinski definition) is 2. The molecule has 0 amide bonds. The molecule has 2 aliphatic carbocycles. The van der Waals surface area contributed by atoms with Crippen molar-refractivity contribution >= 4 is 5.78 Å². The Balaban J connectivity index is 2.19. The third kappa shape index (κ3) is 1.96. The van der Waals surface area contributed by atoms with E-state index in [4.69, 9.17) is 4.74 Å². The van der Waals surface area contributed by atoms with Gasteiger partial charge in [-0.25, -0.2) is 0 Å². The SMILES string of the molecule is CC[C@@]12CC(=O)C(O)C[C@@H]1CCc1ccc(OC)c(O)c12. The van der Waals surface area contributed by atoms with Crippen LogP contribution in [0, 0.1) is 5.92 Å². The van der Waals surface area contributed by atoms with Crippen molar-refractivity contribution in [3.8, 4) is 11.5 Å². The van der Waals surface area contributed by atoms with E-state index in [2.05, 4.69) is 6.92 Å². The maximum atomic E-state index is 12.1. The van der Waals surface area contributed by atoms with Crippen LogP contribution >= 0.6 is 0 Å². The van der Waals surface area contributed by atoms with Gasteiger partial charge in [-0.15, -0.1) is 0 Å². The van der Waals surface area contributed by atoms with Gasteiger partial charge in [0.2, 0.25) is 0 Å². The molecule has 0 aromatic heterocycles. The summed E-state index contributed by atoms with van der Waals surface area (Å²) in [5.74, 6) is 0.760. The first-order chi connectivity index (χ1) is 10.0. The molecule has 0 spiro atoms. The predicted octanol–water partition coefficient (Wildman–Crippen LogP) is 2.33. The molecule has 0 radical (unpaired) electrons. The Morgan fingerprint density at radius 3 is 2.86 bits per heavy atom. The van der Waals surface area contributed by atoms with Gasteiger partial charge < -0.3 is 14.9 Å². The van der Waals surface area contributed by atoms with Crippen molar-refractivity contribution < 1.29 is 19.7 Å². The lowest BCUT2D eigenvalue weighted by Crippen LogP contribution is -2.49. The Labute approximate surface area is 124 Å². The summed E-state index contributed by atoms with van der Waals surface area (Å²) in [6.07, 6.45) is 2.58. The third-order valence-electron chi connectivity index (χ3n) is 5.49. The second-order valence-electron chi connectivity index (χ2n) is 6.29. The van der Waals surface area contributed by atoms with Crippen LogP contribution in [0.4, 0.5) is 0 Å². The fourth-order valence-electron chi connectivity index (χ4n) is 4.35. The highest BCUT2D eigenvalue weighted by Gasteiger charge is 2.51. The monoisotopic (exact) mass is 290 g/mol. The average Bonchev–Trinajstić information content (AvgIpc) is 2.48. The van der Waals surface area contributed by atoms with E-state index in [0.717, 1.165) is 30.4 Å². The van der Waals surface area contributed by atoms with Crippen LogP contribution in [0.25, 0.3) is 0 Å². The van der Waals surface area contributed by atoms with Crippen molar-refractivity contribution in [1.29, 1.82) is 0 Å². The molecular formula is C17H22O4. The van der Waals surface area contributed by atoms with Gasteiger partial charge in [-0.3, -0.25) is 4.79 Å². The number of carbonyl (C=O) groups excluding carboxylic acids is 1. The molecule has 0 heterocycles. The van der Waals surface area contributed by atoms with Crippen LogP contribution in [0.3, 0.4) is 0 Å². The van der Waals surface area contributed by atoms with Crippen LogP contribution in [0.15, 0.2) is 12.1 Å². The first-order valence-electron chi connectivity index (χ1n) is 7.63. The molecule has 2 N–H and O–H groups in total. The van der Waals surface area contributed by atoms with E-state index in [9.17, 15) is 15.0 Å². The van der Waals surface area contributed by atoms with Gasteiger partial charge in [0, 0.05) is 17.4 Å². The molecule has 1 aromatic rings. The number of aromatic hydroxyl groups is 1. The van der Waals surface area contributed by atoms with Gasteiger partial charge in [-0.2, -0.15) is 0 Å². The fraction of sp³-hybridized carbons (Fsp3) is 0.588. The molecule has 2 aliphatic rings. The molecule has 1 fully saturated rings. The van der Waals surface area contributed by atoms with E-state index in [-0.39, 0.29) is 22.9 Å². The molecule has 0 bridgehead atoms. The van der Waals surface area contributed by atoms with Crippen LogP contribution in [0.5, 0.6) is 11.5 Å². The summed E-state index contributed by atoms with van der Waals surface area (Å²) in [5.41, 5.74) is 1.62. The van der Waals surface area contributed by atoms with E-state index < -0.39 is 6.10 Å². The number of Topliss-reactive ketones (excluding diaryl/α,β-unsaturated/α-hetero) is 1. The molecular weight excluding hydrogens is 268 g/mol. The quantitative estimate of drug-likeness (QED) is 0.877. The fourth-order valence-corrected chi connectivity index (χ4v) is 4.35. The molecule has 0 aliphatic heterocycles. The minimum Gasteiger partial charge on any atom is -0.504 e. The van der Waals surface area contributed by atoms with Crippen LogP contribution in [-0.4, -0.2) is 29.2 Å². The molecule has 3 rings (SSSR count). The Bertz CT molecular complexity index is 580. The highest BCUT2D eigenvalue weighted by atomic mass is 16.5. The molecule has 1 saturated carbocycles. The zero-order valence-electron chi connectivity index (χ0n) is 12.6. The number of aryl methyl sites for hydroxylation is 1. The highest BCUT2D eigenvalue weighted by Crippen LogP contribution is 2.55. The van der Waals surface area contributed by atoms with Gasteiger partial charge in [0.25, 0.3) is 0 Å². The minimum atomic E-state index is -0.844. The summed E-state index contributed by atoms with van der Waals surface area (Å²) in [6.45, 7) is 2.06. The zero-order valence-corrected chi connectivity index (χ0v) is 12.6. The van der Waals surface area contributed by atoms with Crippen molar-refractivity contribution in [3.63, 3.8) is 0 Å². The smallest absolute Gasteiger partial charge is 0.162 e. The molecule has 3 atom stereocenters. The number of aliphatic hydroxyl groups excluding tert-OH is 1. The van der Waals surface area contributed by atoms with Gasteiger partial charge >= 0.3 is 0 Å². The Hall–Kier alpha value is -1.55. The molecule has 4 nitrogen and oxygen atoms in total. The lowest BCUT2D eigenvalue weighted by molar-refractivity contribution is -0.134. The molecule has 1 aromatic carbocycles. The summed E-state index contributed by atoms with van der Waals surface area (Å²) in [4.78, 5) is 12.1. The first kappa shape index (κ1) is 14.4. The van der Waals surface area contributed by atoms with Gasteiger partial charge in [0.15, 0.2) is 17.3 Å². The van der Waals surface area contributed by atoms with E-state index in [0.29, 0.717) is 18.6 Å². The highest BCUT2D eigenvalue weighted by molar-refractivity contribution is 5.86. The van der Waals surface area contributed by atoms with E-state index >= 15 is 0 Å². The average molecular weight is 290 g/mol. The normalized spacial score (nSPS) is 31.5. The zero-order chi connectivity index (χ0) is 15.2. The van der Waals surface area contributed by atoms with E-state index in [1.807, 2.05) is 6.07 Å². The number of fused-ring (bicyclic) bond motifs is 3. The summed E-state index contributed by atoms with van der Waals surface area (Å²) < 4.78 is 5.24. The van der Waals surface area contributed by atoms with Crippen LogP contribution in [0.2, 0.25) is 0 Å². The van der Waals surface area contributed by atoms with Crippen molar-refractivity contribution in [3.05, 3.63) is 23.3 Å². The van der Waals surface area contributed by atoms with Crippen molar-refractivity contribution in [2.75, 3.05) is 7.11 Å². The number of methoxy groups -OCH3 is 1. The van der Waals surface area contributed by atoms with Gasteiger partial charge in [-0.05, 0) is 43.2 Å². The molecule has 114 valence electrons. The van der Waals surface area contributed by atoms with Crippen LogP contribution in [-0.2, 0) is 16.6 Å². The van der Waals surface area contributed by atoms with Crippen molar-refractivity contribution in [2.24, 2.45) is 5.92 Å². The minimum absolute atomic E-state index is 0.108. The maximum absolute atomic E-state index is 12.1. The summed E-state index contributed by atoms with van der Waals surface area (Å²) >= 11 is 0. The van der Waals surface area contributed by atoms with Gasteiger partial charge in [0.05, 0.1) is 7.11 Å². The number of hydrogen-bond acceptors (Lipinski definition) is 4. The standard InChI is InChI=1S/C17H22O4/c1-3-17-9-13(19)12(18)8-11(17)6-4-10-5-7-14(21-2)16(20)15(10)17/h5,7,11-12,18,20H,3-4,6,8-9H2,1-2H3/t11-,12?,17+/m0/s1. The largest absolute Gasteiger partial charge is 0.504 e. The predicted molar refractivity (Wildman–Crippen MR) is 78.7 cm³/mol. The van der Waals surface area contributed by atoms with Gasteiger partial charge in [-0.1, -0.05) is 13.0 Å². The van der Waals surface area contributed by atoms with Gasteiger partial charge in [0.1, 0.15) is 6.10 Å². The molecule has 4 heteroatoms. The number of aliphatic hydroxyl groups is 1. The lowest BCUT2D eigenvalue weighted by atomic mass is 9.55. The number of phenols is 1. The number of carbonyl (C=O) groups is 1. The summed E-state index contributed by atoms with van der Waals surface area (Å²) in [6, 6.07) is 3.79. The van der Waals surface area contributed by atoms with E-state index in [1.165, 1.54) is 7.11 Å². The Morgan fingerprint density at radius 2 is 2.19 bits per heavy atom. The number of ketones is 1. The molecule has 1 unspecified atom stereocenters. The summed E-state index contributed by atoms with van der Waals surface area (Å²) in [7, 11) is 1.54. The second kappa shape index (κ2) is 5.02. The van der Waals surface area contributed by atoms with Crippen LogP contribution < -0.4 is 4.74 Å².